The first kappa shape index (κ1) is 16.1. The van der Waals surface area contributed by atoms with Gasteiger partial charge in [-0.1, -0.05) is 51.8 Å². The van der Waals surface area contributed by atoms with Gasteiger partial charge in [-0.25, -0.2) is 4.79 Å². The van der Waals surface area contributed by atoms with Crippen LogP contribution < -0.4 is 0 Å². The molecule has 0 radical (unpaired) electrons. The molecule has 0 unspecified atom stereocenters. The zero-order valence-corrected chi connectivity index (χ0v) is 14.5. The van der Waals surface area contributed by atoms with Crippen molar-refractivity contribution in [2.75, 3.05) is 7.11 Å². The van der Waals surface area contributed by atoms with Crippen LogP contribution in [0.2, 0.25) is 0 Å². The first-order valence-electron chi connectivity index (χ1n) is 6.60. The summed E-state index contributed by atoms with van der Waals surface area (Å²) in [5, 5.41) is 0. The van der Waals surface area contributed by atoms with Crippen LogP contribution in [-0.2, 0) is 16.2 Å². The highest BCUT2D eigenvalue weighted by atomic mass is 79.9. The summed E-state index contributed by atoms with van der Waals surface area (Å²) in [6, 6.07) is 14.1. The molecular formula is C17H17BrO2S. The molecule has 0 saturated carbocycles. The second kappa shape index (κ2) is 7.66. The molecule has 4 heteroatoms. The van der Waals surface area contributed by atoms with Gasteiger partial charge in [0.25, 0.3) is 0 Å². The van der Waals surface area contributed by atoms with Crippen molar-refractivity contribution in [2.24, 2.45) is 0 Å². The van der Waals surface area contributed by atoms with Crippen molar-refractivity contribution in [2.45, 2.75) is 18.4 Å². The van der Waals surface area contributed by atoms with E-state index in [1.54, 1.807) is 6.07 Å². The molecule has 0 amide bonds. The molecular weight excluding hydrogens is 348 g/mol. The van der Waals surface area contributed by atoms with Crippen molar-refractivity contribution in [1.82, 2.24) is 0 Å². The minimum atomic E-state index is -0.310. The molecule has 0 fully saturated rings. The lowest BCUT2D eigenvalue weighted by molar-refractivity contribution is 0.0600. The van der Waals surface area contributed by atoms with Gasteiger partial charge >= 0.3 is 5.97 Å². The molecule has 2 rings (SSSR count). The highest BCUT2D eigenvalue weighted by Gasteiger charge is 2.08. The fourth-order valence-corrected chi connectivity index (χ4v) is 3.68. The second-order valence-corrected chi connectivity index (χ2v) is 6.62. The van der Waals surface area contributed by atoms with E-state index in [1.807, 2.05) is 23.9 Å². The maximum absolute atomic E-state index is 11.5. The van der Waals surface area contributed by atoms with Crippen LogP contribution in [0.15, 0.2) is 46.9 Å². The normalized spacial score (nSPS) is 10.4. The summed E-state index contributed by atoms with van der Waals surface area (Å²) >= 11 is 5.38. The fourth-order valence-electron chi connectivity index (χ4n) is 1.99. The van der Waals surface area contributed by atoms with Gasteiger partial charge in [0.1, 0.15) is 0 Å². The minimum absolute atomic E-state index is 0.310. The van der Waals surface area contributed by atoms with Crippen LogP contribution in [0, 0.1) is 6.92 Å². The number of benzene rings is 2. The number of carbonyl (C=O) groups excluding carboxylic acids is 1. The van der Waals surface area contributed by atoms with Gasteiger partial charge in [-0.2, -0.15) is 11.8 Å². The average molecular weight is 365 g/mol. The molecule has 0 aliphatic rings. The monoisotopic (exact) mass is 364 g/mol. The molecule has 0 aromatic heterocycles. The van der Waals surface area contributed by atoms with Crippen molar-refractivity contribution in [3.8, 4) is 0 Å². The summed E-state index contributed by atoms with van der Waals surface area (Å²) < 4.78 is 5.66. The molecule has 0 spiro atoms. The Kier molecular flexibility index (Phi) is 5.88. The molecule has 0 heterocycles. The number of esters is 1. The summed E-state index contributed by atoms with van der Waals surface area (Å²) in [6.07, 6.45) is 0. The van der Waals surface area contributed by atoms with Gasteiger partial charge in [0.2, 0.25) is 0 Å². The number of halogens is 1. The van der Waals surface area contributed by atoms with Crippen LogP contribution in [0.5, 0.6) is 0 Å². The van der Waals surface area contributed by atoms with E-state index in [0.29, 0.717) is 5.56 Å². The largest absolute Gasteiger partial charge is 0.465 e. The van der Waals surface area contributed by atoms with E-state index < -0.39 is 0 Å². The number of thioether (sulfide) groups is 1. The molecule has 21 heavy (non-hydrogen) atoms. The van der Waals surface area contributed by atoms with Crippen LogP contribution in [0.25, 0.3) is 0 Å². The molecule has 0 aliphatic heterocycles. The fraction of sp³-hybridized carbons (Fsp3) is 0.235. The quantitative estimate of drug-likeness (QED) is 0.700. The van der Waals surface area contributed by atoms with Crippen molar-refractivity contribution < 1.29 is 9.53 Å². The Balaban J connectivity index is 1.96. The summed E-state index contributed by atoms with van der Waals surface area (Å²) in [4.78, 5) is 11.5. The maximum Gasteiger partial charge on any atom is 0.337 e. The first-order valence-corrected chi connectivity index (χ1v) is 8.55. The van der Waals surface area contributed by atoms with Gasteiger partial charge < -0.3 is 4.74 Å². The predicted octanol–water partition coefficient (Wildman–Crippen LogP) is 4.98. The predicted molar refractivity (Wildman–Crippen MR) is 91.7 cm³/mol. The summed E-state index contributed by atoms with van der Waals surface area (Å²) in [5.74, 6) is 1.57. The third-order valence-corrected chi connectivity index (χ3v) is 4.87. The van der Waals surface area contributed by atoms with Gasteiger partial charge in [-0.3, -0.25) is 0 Å². The lowest BCUT2D eigenvalue weighted by Gasteiger charge is -2.07. The molecule has 2 aromatic rings. The topological polar surface area (TPSA) is 26.3 Å². The van der Waals surface area contributed by atoms with E-state index in [0.717, 1.165) is 16.0 Å². The Morgan fingerprint density at radius 1 is 1.19 bits per heavy atom. The van der Waals surface area contributed by atoms with E-state index in [-0.39, 0.29) is 5.97 Å². The molecule has 110 valence electrons. The molecule has 2 aromatic carbocycles. The first-order chi connectivity index (χ1) is 10.1. The van der Waals surface area contributed by atoms with E-state index in [9.17, 15) is 4.79 Å². The smallest absolute Gasteiger partial charge is 0.337 e. The third kappa shape index (κ3) is 4.61. The van der Waals surface area contributed by atoms with E-state index in [1.165, 1.54) is 23.8 Å². The Morgan fingerprint density at radius 3 is 2.67 bits per heavy atom. The summed E-state index contributed by atoms with van der Waals surface area (Å²) in [6.45, 7) is 2.11. The van der Waals surface area contributed by atoms with Gasteiger partial charge in [-0.05, 0) is 30.2 Å². The second-order valence-electron chi connectivity index (χ2n) is 4.78. The zero-order chi connectivity index (χ0) is 15.2. The minimum Gasteiger partial charge on any atom is -0.465 e. The van der Waals surface area contributed by atoms with E-state index >= 15 is 0 Å². The number of aryl methyl sites for hydroxylation is 1. The SMILES string of the molecule is COC(=O)c1ccc(CSCc2cccc(C)c2)c(Br)c1. The molecule has 0 bridgehead atoms. The lowest BCUT2D eigenvalue weighted by atomic mass is 10.1. The van der Waals surface area contributed by atoms with Gasteiger partial charge in [0.05, 0.1) is 12.7 Å². The van der Waals surface area contributed by atoms with Crippen molar-refractivity contribution >= 4 is 33.7 Å². The summed E-state index contributed by atoms with van der Waals surface area (Å²) in [7, 11) is 1.39. The standard InChI is InChI=1S/C17H17BrO2S/c1-12-4-3-5-13(8-12)10-21-11-15-7-6-14(9-16(15)18)17(19)20-2/h3-9H,10-11H2,1-2H3. The third-order valence-electron chi connectivity index (χ3n) is 3.08. The van der Waals surface area contributed by atoms with Crippen LogP contribution in [0.3, 0.4) is 0 Å². The number of ether oxygens (including phenoxy) is 1. The lowest BCUT2D eigenvalue weighted by Crippen LogP contribution is -2.01. The van der Waals surface area contributed by atoms with E-state index in [2.05, 4.69) is 47.1 Å². The van der Waals surface area contributed by atoms with Gasteiger partial charge in [-0.15, -0.1) is 0 Å². The van der Waals surface area contributed by atoms with Crippen molar-refractivity contribution in [3.05, 3.63) is 69.2 Å². The van der Waals surface area contributed by atoms with Gasteiger partial charge in [0, 0.05) is 16.0 Å². The highest BCUT2D eigenvalue weighted by molar-refractivity contribution is 9.10. The van der Waals surface area contributed by atoms with Crippen LogP contribution in [0.1, 0.15) is 27.0 Å². The number of hydrogen-bond donors (Lipinski definition) is 0. The Morgan fingerprint density at radius 2 is 2.00 bits per heavy atom. The van der Waals surface area contributed by atoms with Crippen LogP contribution in [0.4, 0.5) is 0 Å². The maximum atomic E-state index is 11.5. The number of hydrogen-bond acceptors (Lipinski definition) is 3. The Hall–Kier alpha value is -1.26. The molecule has 0 aliphatic carbocycles. The van der Waals surface area contributed by atoms with Crippen molar-refractivity contribution in [1.29, 1.82) is 0 Å². The van der Waals surface area contributed by atoms with Gasteiger partial charge in [0.15, 0.2) is 0 Å². The number of carbonyl (C=O) groups is 1. The Bertz CT molecular complexity index is 640. The number of rotatable bonds is 5. The molecule has 2 nitrogen and oxygen atoms in total. The Labute approximate surface area is 138 Å². The van der Waals surface area contributed by atoms with Crippen molar-refractivity contribution in [3.63, 3.8) is 0 Å². The highest BCUT2D eigenvalue weighted by Crippen LogP contribution is 2.25. The van der Waals surface area contributed by atoms with Crippen LogP contribution in [-0.4, -0.2) is 13.1 Å². The number of methoxy groups -OCH3 is 1. The van der Waals surface area contributed by atoms with Crippen LogP contribution >= 0.6 is 27.7 Å². The zero-order valence-electron chi connectivity index (χ0n) is 12.1. The molecule has 0 N–H and O–H groups in total. The summed E-state index contributed by atoms with van der Waals surface area (Å²) in [5.41, 5.74) is 4.37. The molecule has 0 saturated heterocycles. The molecule has 0 atom stereocenters. The average Bonchev–Trinajstić information content (AvgIpc) is 2.48. The van der Waals surface area contributed by atoms with E-state index in [4.69, 9.17) is 4.74 Å².